The fraction of sp³-hybridized carbons (Fsp3) is 0.357. The van der Waals surface area contributed by atoms with E-state index in [1.165, 1.54) is 63.7 Å². The van der Waals surface area contributed by atoms with Crippen LogP contribution in [0.5, 0.6) is 5.75 Å². The second kappa shape index (κ2) is 10.2. The summed E-state index contributed by atoms with van der Waals surface area (Å²) in [5.74, 6) is 5.73. The third-order valence-electron chi connectivity index (χ3n) is 6.35. The van der Waals surface area contributed by atoms with Crippen LogP contribution >= 0.6 is 47.0 Å². The highest BCUT2D eigenvalue weighted by Gasteiger charge is 2.40. The van der Waals surface area contributed by atoms with Crippen LogP contribution in [0.1, 0.15) is 40.7 Å². The van der Waals surface area contributed by atoms with Crippen molar-refractivity contribution in [1.82, 2.24) is 0 Å². The molecule has 0 radical (unpaired) electrons. The maximum atomic E-state index is 5.42. The minimum atomic E-state index is -0.0487. The third kappa shape index (κ3) is 4.59. The zero-order valence-electron chi connectivity index (χ0n) is 19.2. The van der Waals surface area contributed by atoms with Crippen LogP contribution in [-0.4, -0.2) is 30.1 Å². The maximum absolute atomic E-state index is 5.42. The Morgan fingerprint density at radius 3 is 1.24 bits per heavy atom. The number of hydrogen-bond acceptors (Lipinski definition) is 5. The highest BCUT2D eigenvalue weighted by Crippen LogP contribution is 2.57. The molecular weight excluding hydrogens is 481 g/mol. The zero-order valence-corrected chi connectivity index (χ0v) is 22.5. The first-order chi connectivity index (χ1) is 16.2. The average molecular weight is 511 g/mol. The Morgan fingerprint density at radius 1 is 0.545 bits per heavy atom. The molecule has 0 bridgehead atoms. The van der Waals surface area contributed by atoms with Crippen molar-refractivity contribution in [2.45, 2.75) is 27.9 Å². The molecule has 2 saturated heterocycles. The molecule has 0 spiro atoms. The average Bonchev–Trinajstić information content (AvgIpc) is 2.90. The summed E-state index contributed by atoms with van der Waals surface area (Å²) in [6.07, 6.45) is 2.56. The van der Waals surface area contributed by atoms with Gasteiger partial charge in [0.05, 0.1) is 7.11 Å². The first-order valence-electron chi connectivity index (χ1n) is 11.5. The molecule has 172 valence electrons. The molecule has 0 aromatic heterocycles. The molecule has 0 amide bonds. The van der Waals surface area contributed by atoms with Crippen LogP contribution in [0.2, 0.25) is 0 Å². The molecule has 2 fully saturated rings. The second-order valence-corrected chi connectivity index (χ2v) is 14.3. The van der Waals surface area contributed by atoms with E-state index in [1.807, 2.05) is 0 Å². The van der Waals surface area contributed by atoms with E-state index >= 15 is 0 Å². The fourth-order valence-electron chi connectivity index (χ4n) is 4.56. The van der Waals surface area contributed by atoms with Gasteiger partial charge in [-0.1, -0.05) is 66.2 Å². The van der Waals surface area contributed by atoms with Gasteiger partial charge in [0.25, 0.3) is 0 Å². The Morgan fingerprint density at radius 2 is 0.879 bits per heavy atom. The summed E-state index contributed by atoms with van der Waals surface area (Å²) < 4.78 is 5.36. The van der Waals surface area contributed by atoms with Crippen LogP contribution in [0.15, 0.2) is 72.8 Å². The third-order valence-corrected chi connectivity index (χ3v) is 13.2. The Bertz CT molecular complexity index is 1050. The van der Waals surface area contributed by atoms with Gasteiger partial charge in [-0.05, 0) is 77.2 Å². The van der Waals surface area contributed by atoms with E-state index in [-0.39, 0.29) is 8.16 Å². The minimum Gasteiger partial charge on any atom is -0.497 e. The molecule has 5 heteroatoms. The van der Waals surface area contributed by atoms with E-state index in [1.54, 1.807) is 7.11 Å². The molecule has 0 atom stereocenters. The standard InChI is InChI=1S/C28H30OS4/c1-21-5-7-22(8-6-21)27(30-17-3-18-31-27)23-9-11-24(12-10-23)28(32-19-4-20-33-28)25-13-15-26(29-2)16-14-25/h5-16H,3-4,17-20H2,1-2H3. The molecule has 0 N–H and O–H groups in total. The van der Waals surface area contributed by atoms with E-state index in [4.69, 9.17) is 4.74 Å². The molecule has 3 aromatic carbocycles. The van der Waals surface area contributed by atoms with Crippen LogP contribution in [-0.2, 0) is 8.16 Å². The normalized spacial score (nSPS) is 19.7. The first-order valence-corrected chi connectivity index (χ1v) is 15.5. The smallest absolute Gasteiger partial charge is 0.118 e. The predicted octanol–water partition coefficient (Wildman–Crippen LogP) is 8.15. The number of aryl methyl sites for hydroxylation is 1. The van der Waals surface area contributed by atoms with Gasteiger partial charge in [-0.15, -0.1) is 47.0 Å². The summed E-state index contributed by atoms with van der Waals surface area (Å²) in [5.41, 5.74) is 6.92. The molecule has 2 aliphatic heterocycles. The zero-order chi connectivity index (χ0) is 22.7. The summed E-state index contributed by atoms with van der Waals surface area (Å²) in [5, 5.41) is 0. The lowest BCUT2D eigenvalue weighted by Gasteiger charge is -2.39. The van der Waals surface area contributed by atoms with Crippen LogP contribution < -0.4 is 4.74 Å². The molecular formula is C28H30OS4. The van der Waals surface area contributed by atoms with Gasteiger partial charge in [-0.3, -0.25) is 0 Å². The fourth-order valence-corrected chi connectivity index (χ4v) is 11.3. The van der Waals surface area contributed by atoms with Crippen LogP contribution in [0.3, 0.4) is 0 Å². The monoisotopic (exact) mass is 510 g/mol. The Hall–Kier alpha value is -1.14. The van der Waals surface area contributed by atoms with Crippen LogP contribution in [0.25, 0.3) is 0 Å². The van der Waals surface area contributed by atoms with E-state index in [0.717, 1.165) is 5.75 Å². The van der Waals surface area contributed by atoms with Crippen molar-refractivity contribution in [3.05, 3.63) is 101 Å². The van der Waals surface area contributed by atoms with Gasteiger partial charge in [0, 0.05) is 0 Å². The Labute approximate surface area is 215 Å². The highest BCUT2D eigenvalue weighted by molar-refractivity contribution is 8.18. The molecule has 5 rings (SSSR count). The van der Waals surface area contributed by atoms with E-state index in [9.17, 15) is 0 Å². The Kier molecular flexibility index (Phi) is 7.31. The summed E-state index contributed by atoms with van der Waals surface area (Å²) in [4.78, 5) is 0. The molecule has 0 unspecified atom stereocenters. The first kappa shape index (κ1) is 23.6. The number of rotatable bonds is 5. The Balaban J connectivity index is 1.54. The maximum Gasteiger partial charge on any atom is 0.118 e. The van der Waals surface area contributed by atoms with Crippen molar-refractivity contribution < 1.29 is 4.74 Å². The minimum absolute atomic E-state index is 0.00932. The SMILES string of the molecule is COc1ccc(C2(c3ccc(C4(c5ccc(C)cc5)SCCCS4)cc3)SCCCS2)cc1. The quantitative estimate of drug-likeness (QED) is 0.341. The van der Waals surface area contributed by atoms with Crippen molar-refractivity contribution >= 4 is 47.0 Å². The van der Waals surface area contributed by atoms with Crippen molar-refractivity contribution in [3.63, 3.8) is 0 Å². The second-order valence-electron chi connectivity index (χ2n) is 8.51. The molecule has 3 aromatic rings. The van der Waals surface area contributed by atoms with Crippen LogP contribution in [0, 0.1) is 6.92 Å². The lowest BCUT2D eigenvalue weighted by molar-refractivity contribution is 0.414. The van der Waals surface area contributed by atoms with Crippen molar-refractivity contribution in [2.75, 3.05) is 30.1 Å². The summed E-state index contributed by atoms with van der Waals surface area (Å²) >= 11 is 8.37. The summed E-state index contributed by atoms with van der Waals surface area (Å²) in [6, 6.07) is 27.5. The number of thioether (sulfide) groups is 4. The lowest BCUT2D eigenvalue weighted by Crippen LogP contribution is -2.26. The van der Waals surface area contributed by atoms with Crippen molar-refractivity contribution in [3.8, 4) is 5.75 Å². The number of ether oxygens (including phenoxy) is 1. The molecule has 33 heavy (non-hydrogen) atoms. The number of benzene rings is 3. The predicted molar refractivity (Wildman–Crippen MR) is 151 cm³/mol. The molecule has 1 nitrogen and oxygen atoms in total. The lowest BCUT2D eigenvalue weighted by atomic mass is 9.98. The van der Waals surface area contributed by atoms with Gasteiger partial charge in [0.2, 0.25) is 0 Å². The number of hydrogen-bond donors (Lipinski definition) is 0. The highest BCUT2D eigenvalue weighted by atomic mass is 32.2. The molecule has 0 aliphatic carbocycles. The van der Waals surface area contributed by atoms with Gasteiger partial charge < -0.3 is 4.74 Å². The van der Waals surface area contributed by atoms with Gasteiger partial charge >= 0.3 is 0 Å². The van der Waals surface area contributed by atoms with Crippen molar-refractivity contribution in [1.29, 1.82) is 0 Å². The van der Waals surface area contributed by atoms with E-state index in [0.29, 0.717) is 0 Å². The van der Waals surface area contributed by atoms with Crippen molar-refractivity contribution in [2.24, 2.45) is 0 Å². The molecule has 0 saturated carbocycles. The van der Waals surface area contributed by atoms with E-state index in [2.05, 4.69) is 127 Å². The van der Waals surface area contributed by atoms with Gasteiger partial charge in [-0.25, -0.2) is 0 Å². The largest absolute Gasteiger partial charge is 0.497 e. The summed E-state index contributed by atoms with van der Waals surface area (Å²) in [7, 11) is 1.73. The molecule has 2 heterocycles. The van der Waals surface area contributed by atoms with Crippen LogP contribution in [0.4, 0.5) is 0 Å². The summed E-state index contributed by atoms with van der Waals surface area (Å²) in [6.45, 7) is 2.17. The topological polar surface area (TPSA) is 9.23 Å². The van der Waals surface area contributed by atoms with E-state index < -0.39 is 0 Å². The van der Waals surface area contributed by atoms with Gasteiger partial charge in [-0.2, -0.15) is 0 Å². The van der Waals surface area contributed by atoms with Gasteiger partial charge in [0.15, 0.2) is 0 Å². The van der Waals surface area contributed by atoms with Gasteiger partial charge in [0.1, 0.15) is 13.9 Å². The number of methoxy groups -OCH3 is 1. The molecule has 2 aliphatic rings.